The van der Waals surface area contributed by atoms with Gasteiger partial charge in [0.2, 0.25) is 5.82 Å². The zero-order chi connectivity index (χ0) is 49.4. The summed E-state index contributed by atoms with van der Waals surface area (Å²) in [4.78, 5) is 8.51. The van der Waals surface area contributed by atoms with E-state index in [1.54, 1.807) is 23.7 Å². The maximum absolute atomic E-state index is 15.9. The fraction of sp³-hybridized carbons (Fsp3) is 0.200. The van der Waals surface area contributed by atoms with Crippen LogP contribution < -0.4 is 14.5 Å². The Labute approximate surface area is 425 Å². The van der Waals surface area contributed by atoms with Crippen molar-refractivity contribution in [1.29, 1.82) is 0 Å². The zero-order valence-corrected chi connectivity index (χ0v) is 42.8. The SMILES string of the molecule is CCc1cccc(CC)c1-c1cc(Oc2[c-]c3c(cc2)c2ccccc2n3-c2cc(C(C)(C)C)ccn2)[c-]c(N2[CH-]N(c3c(-c4c(F)c(F)c(F)c(F)c4F)cccc3C(C)(C)C)c3ccccc32)c1.[Pt]. The van der Waals surface area contributed by atoms with Gasteiger partial charge >= 0.3 is 0 Å². The standard InChI is InChI=1S/C60H50F5N4O.Pt/c1-9-35-17-15-18-36(10-2)51(35)37-29-39(32-41(30-37)70-40-25-26-43-42-19-11-12-22-46(42)69(49(43)33-40)50-31-38(27-28-66-50)59(3,4)5)67-34-68(48-24-14-13-23-47(48)67)58-44(20-16-21-45(58)60(6,7)8)52-53(61)55(63)57(65)56(64)54(52)62;/h11-31,34H,9-10H2,1-8H3;/q-3;. The van der Waals surface area contributed by atoms with Crippen LogP contribution in [0.3, 0.4) is 0 Å². The van der Waals surface area contributed by atoms with E-state index in [-0.39, 0.29) is 37.7 Å². The molecule has 0 radical (unpaired) electrons. The van der Waals surface area contributed by atoms with E-state index in [1.807, 2.05) is 98.6 Å². The number of aryl methyl sites for hydroxylation is 2. The van der Waals surface area contributed by atoms with Gasteiger partial charge in [0.05, 0.1) is 5.56 Å². The third kappa shape index (κ3) is 8.58. The molecule has 2 aromatic heterocycles. The fourth-order valence-corrected chi connectivity index (χ4v) is 9.70. The Morgan fingerprint density at radius 2 is 1.23 bits per heavy atom. The summed E-state index contributed by atoms with van der Waals surface area (Å²) < 4.78 is 85.3. The van der Waals surface area contributed by atoms with E-state index < -0.39 is 40.1 Å². The first-order chi connectivity index (χ1) is 33.5. The first kappa shape index (κ1) is 49.2. The molecule has 7 aromatic carbocycles. The Kier molecular flexibility index (Phi) is 13.0. The second-order valence-corrected chi connectivity index (χ2v) is 19.7. The van der Waals surface area contributed by atoms with Gasteiger partial charge in [0.15, 0.2) is 23.3 Å². The number of aromatic nitrogens is 2. The van der Waals surface area contributed by atoms with Crippen molar-refractivity contribution >= 4 is 44.6 Å². The number of fused-ring (bicyclic) bond motifs is 4. The molecule has 9 aromatic rings. The number of para-hydroxylation sites is 4. The molecule has 0 bridgehead atoms. The molecule has 0 saturated carbocycles. The molecular weight excluding hydrogens is 1080 g/mol. The molecule has 10 rings (SSSR count). The van der Waals surface area contributed by atoms with E-state index in [0.717, 1.165) is 68.3 Å². The molecule has 0 N–H and O–H groups in total. The van der Waals surface area contributed by atoms with Crippen molar-refractivity contribution in [3.8, 4) is 39.6 Å². The van der Waals surface area contributed by atoms with Gasteiger partial charge in [0.25, 0.3) is 0 Å². The van der Waals surface area contributed by atoms with Crippen molar-refractivity contribution in [3.63, 3.8) is 0 Å². The molecule has 71 heavy (non-hydrogen) atoms. The van der Waals surface area contributed by atoms with Crippen LogP contribution in [0.2, 0.25) is 0 Å². The van der Waals surface area contributed by atoms with Crippen LogP contribution >= 0.6 is 0 Å². The van der Waals surface area contributed by atoms with Crippen molar-refractivity contribution in [3.05, 3.63) is 198 Å². The maximum Gasteiger partial charge on any atom is 0.200 e. The molecule has 0 saturated heterocycles. The van der Waals surface area contributed by atoms with E-state index in [9.17, 15) is 4.39 Å². The van der Waals surface area contributed by atoms with Crippen molar-refractivity contribution in [1.82, 2.24) is 9.55 Å². The molecule has 0 amide bonds. The number of benzene rings is 7. The number of hydrogen-bond acceptors (Lipinski definition) is 4. The fourth-order valence-electron chi connectivity index (χ4n) is 9.70. The van der Waals surface area contributed by atoms with Crippen LogP contribution in [0.5, 0.6) is 11.5 Å². The number of ether oxygens (including phenoxy) is 1. The van der Waals surface area contributed by atoms with Crippen LogP contribution in [0.25, 0.3) is 49.9 Å². The Morgan fingerprint density at radius 1 is 0.592 bits per heavy atom. The van der Waals surface area contributed by atoms with Crippen LogP contribution in [-0.4, -0.2) is 9.55 Å². The third-order valence-corrected chi connectivity index (χ3v) is 13.2. The van der Waals surface area contributed by atoms with Gasteiger partial charge in [-0.2, -0.15) is 6.07 Å². The molecule has 1 aliphatic rings. The first-order valence-corrected chi connectivity index (χ1v) is 23.4. The molecule has 3 heterocycles. The van der Waals surface area contributed by atoms with Gasteiger partial charge < -0.3 is 19.1 Å². The molecular formula is C60H50F5N4OPt-3. The Bertz CT molecular complexity index is 3490. The molecule has 0 unspecified atom stereocenters. The van der Waals surface area contributed by atoms with Crippen LogP contribution in [-0.2, 0) is 44.7 Å². The van der Waals surface area contributed by atoms with Crippen LogP contribution in [0.1, 0.15) is 77.6 Å². The number of nitrogens with zero attached hydrogens (tertiary/aromatic N) is 4. The minimum atomic E-state index is -2.22. The molecule has 0 atom stereocenters. The van der Waals surface area contributed by atoms with Gasteiger partial charge in [-0.15, -0.1) is 53.6 Å². The molecule has 0 spiro atoms. The summed E-state index contributed by atoms with van der Waals surface area (Å²) in [6.07, 6.45) is 3.38. The van der Waals surface area contributed by atoms with Crippen LogP contribution in [0.4, 0.5) is 44.7 Å². The summed E-state index contributed by atoms with van der Waals surface area (Å²) in [6.45, 7) is 18.3. The Morgan fingerprint density at radius 3 is 1.89 bits per heavy atom. The number of hydrogen-bond donors (Lipinski definition) is 0. The monoisotopic (exact) mass is 1130 g/mol. The summed E-state index contributed by atoms with van der Waals surface area (Å²) in [7, 11) is 0. The molecule has 11 heteroatoms. The normalized spacial score (nSPS) is 12.7. The second-order valence-electron chi connectivity index (χ2n) is 19.7. The number of anilines is 4. The van der Waals surface area contributed by atoms with E-state index in [4.69, 9.17) is 9.72 Å². The van der Waals surface area contributed by atoms with Crippen LogP contribution in [0, 0.1) is 47.9 Å². The maximum atomic E-state index is 15.9. The van der Waals surface area contributed by atoms with E-state index in [2.05, 4.69) is 87.7 Å². The predicted molar refractivity (Wildman–Crippen MR) is 271 cm³/mol. The topological polar surface area (TPSA) is 33.5 Å². The average Bonchev–Trinajstić information content (AvgIpc) is 3.90. The van der Waals surface area contributed by atoms with Gasteiger partial charge in [-0.05, 0) is 87.2 Å². The van der Waals surface area contributed by atoms with Gasteiger partial charge in [0, 0.05) is 66.9 Å². The third-order valence-electron chi connectivity index (χ3n) is 13.2. The van der Waals surface area contributed by atoms with Crippen LogP contribution in [0.15, 0.2) is 128 Å². The van der Waals surface area contributed by atoms with Gasteiger partial charge in [-0.1, -0.05) is 128 Å². The van der Waals surface area contributed by atoms with Gasteiger partial charge in [-0.25, -0.2) is 26.9 Å². The molecule has 5 nitrogen and oxygen atoms in total. The number of rotatable bonds is 9. The Hall–Kier alpha value is -6.77. The van der Waals surface area contributed by atoms with Crippen molar-refractivity contribution < 1.29 is 47.8 Å². The van der Waals surface area contributed by atoms with Crippen molar-refractivity contribution in [2.75, 3.05) is 9.80 Å². The molecule has 1 aliphatic heterocycles. The van der Waals surface area contributed by atoms with Crippen molar-refractivity contribution in [2.45, 2.75) is 79.1 Å². The quantitative estimate of drug-likeness (QED) is 0.0624. The summed E-state index contributed by atoms with van der Waals surface area (Å²) >= 11 is 0. The van der Waals surface area contributed by atoms with E-state index in [1.165, 1.54) is 6.07 Å². The minimum absolute atomic E-state index is 0. The summed E-state index contributed by atoms with van der Waals surface area (Å²) in [5, 5.41) is 2.03. The second kappa shape index (κ2) is 18.8. The van der Waals surface area contributed by atoms with Gasteiger partial charge in [-0.3, -0.25) is 0 Å². The molecule has 0 fully saturated rings. The summed E-state index contributed by atoms with van der Waals surface area (Å²) in [5.41, 5.74) is 7.90. The zero-order valence-electron chi connectivity index (χ0n) is 40.5. The smallest absolute Gasteiger partial charge is 0.200 e. The Balaban J connectivity index is 0.00000624. The number of halogens is 5. The minimum Gasteiger partial charge on any atom is -0.509 e. The van der Waals surface area contributed by atoms with Gasteiger partial charge in [0.1, 0.15) is 5.82 Å². The molecule has 364 valence electrons. The van der Waals surface area contributed by atoms with E-state index >= 15 is 17.6 Å². The van der Waals surface area contributed by atoms with E-state index in [0.29, 0.717) is 34.1 Å². The average molecular weight is 1130 g/mol. The molecule has 0 aliphatic carbocycles. The van der Waals surface area contributed by atoms with Crippen molar-refractivity contribution in [2.24, 2.45) is 0 Å². The summed E-state index contributed by atoms with van der Waals surface area (Å²) in [5.74, 6) is -8.48. The largest absolute Gasteiger partial charge is 0.509 e. The number of pyridine rings is 1. The predicted octanol–water partition coefficient (Wildman–Crippen LogP) is 16.7. The first-order valence-electron chi connectivity index (χ1n) is 23.4. The summed E-state index contributed by atoms with van der Waals surface area (Å²) in [6, 6.07) is 46.0.